The first-order valence-electron chi connectivity index (χ1n) is 8.81. The van der Waals surface area contributed by atoms with Gasteiger partial charge in [0, 0.05) is 5.92 Å². The van der Waals surface area contributed by atoms with E-state index in [0.29, 0.717) is 6.54 Å². The number of aliphatic carboxylic acids is 1. The Morgan fingerprint density at radius 1 is 1.25 bits per heavy atom. The van der Waals surface area contributed by atoms with E-state index in [0.717, 1.165) is 37.8 Å². The van der Waals surface area contributed by atoms with Crippen LogP contribution in [0.2, 0.25) is 0 Å². The van der Waals surface area contributed by atoms with Crippen molar-refractivity contribution in [1.29, 1.82) is 0 Å². The number of ether oxygens (including phenoxy) is 1. The Morgan fingerprint density at radius 3 is 2.58 bits per heavy atom. The van der Waals surface area contributed by atoms with Gasteiger partial charge in [0.1, 0.15) is 6.61 Å². The summed E-state index contributed by atoms with van der Waals surface area (Å²) in [5, 5.41) is 13.2. The van der Waals surface area contributed by atoms with Gasteiger partial charge in [-0.1, -0.05) is 68.4 Å². The third-order valence-electron chi connectivity index (χ3n) is 4.66. The topological polar surface area (TPSA) is 58.6 Å². The van der Waals surface area contributed by atoms with Gasteiger partial charge >= 0.3 is 5.97 Å². The number of hydrogen-bond donors (Lipinski definition) is 2. The quantitative estimate of drug-likeness (QED) is 0.596. The Bertz CT molecular complexity index is 570. The molecule has 0 aromatic heterocycles. The Balaban J connectivity index is 2.24. The predicted molar refractivity (Wildman–Crippen MR) is 94.6 cm³/mol. The van der Waals surface area contributed by atoms with Crippen LogP contribution in [-0.4, -0.2) is 30.8 Å². The molecule has 4 heteroatoms. The fourth-order valence-corrected chi connectivity index (χ4v) is 3.44. The van der Waals surface area contributed by atoms with Gasteiger partial charge in [-0.3, -0.25) is 0 Å². The molecule has 0 radical (unpaired) electrons. The molecule has 130 valence electrons. The van der Waals surface area contributed by atoms with Crippen molar-refractivity contribution in [2.24, 2.45) is 5.92 Å². The molecule has 1 aliphatic rings. The number of rotatable bonds is 7. The molecule has 1 fully saturated rings. The number of hydrogen-bond acceptors (Lipinski definition) is 3. The lowest BCUT2D eigenvalue weighted by Crippen LogP contribution is -2.46. The molecule has 1 saturated carbocycles. The van der Waals surface area contributed by atoms with Crippen molar-refractivity contribution < 1.29 is 14.6 Å². The van der Waals surface area contributed by atoms with Gasteiger partial charge in [0.15, 0.2) is 5.60 Å². The van der Waals surface area contributed by atoms with Crippen molar-refractivity contribution in [3.63, 3.8) is 0 Å². The first-order chi connectivity index (χ1) is 11.7. The maximum atomic E-state index is 12.3. The summed E-state index contributed by atoms with van der Waals surface area (Å²) in [5.74, 6) is 4.99. The highest BCUT2D eigenvalue weighted by Gasteiger charge is 2.48. The van der Waals surface area contributed by atoms with Crippen molar-refractivity contribution in [1.82, 2.24) is 5.32 Å². The summed E-state index contributed by atoms with van der Waals surface area (Å²) in [5.41, 5.74) is -0.577. The lowest BCUT2D eigenvalue weighted by atomic mass is 9.73. The molecule has 4 nitrogen and oxygen atoms in total. The predicted octanol–water partition coefficient (Wildman–Crippen LogP) is 3.18. The monoisotopic (exact) mass is 329 g/mol. The molecule has 0 bridgehead atoms. The van der Waals surface area contributed by atoms with Crippen LogP contribution >= 0.6 is 0 Å². The third-order valence-corrected chi connectivity index (χ3v) is 4.66. The highest BCUT2D eigenvalue weighted by Crippen LogP contribution is 2.42. The minimum Gasteiger partial charge on any atom is -0.479 e. The van der Waals surface area contributed by atoms with E-state index in [9.17, 15) is 9.90 Å². The third kappa shape index (κ3) is 4.37. The lowest BCUT2D eigenvalue weighted by molar-refractivity contribution is -0.177. The molecule has 0 heterocycles. The molecular formula is C20H27NO3. The van der Waals surface area contributed by atoms with Crippen LogP contribution in [0.25, 0.3) is 0 Å². The number of carboxylic acids is 1. The molecular weight excluding hydrogens is 302 g/mol. The summed E-state index contributed by atoms with van der Waals surface area (Å²) in [6.45, 7) is 3.60. The van der Waals surface area contributed by atoms with Crippen LogP contribution in [0.15, 0.2) is 30.3 Å². The van der Waals surface area contributed by atoms with E-state index in [1.165, 1.54) is 6.42 Å². The van der Waals surface area contributed by atoms with Crippen LogP contribution in [0.4, 0.5) is 0 Å². The first-order valence-corrected chi connectivity index (χ1v) is 8.81. The average Bonchev–Trinajstić information content (AvgIpc) is 2.62. The molecule has 0 aliphatic heterocycles. The highest BCUT2D eigenvalue weighted by molar-refractivity contribution is 5.80. The lowest BCUT2D eigenvalue weighted by Gasteiger charge is -2.39. The normalized spacial score (nSPS) is 17.5. The number of benzene rings is 1. The second-order valence-electron chi connectivity index (χ2n) is 6.16. The van der Waals surface area contributed by atoms with Crippen LogP contribution in [0.1, 0.15) is 44.6 Å². The SMILES string of the molecule is CCNCC#CCOC(C(=O)O)(c1ccccc1)C1CCCCC1. The van der Waals surface area contributed by atoms with Crippen molar-refractivity contribution in [2.45, 2.75) is 44.6 Å². The van der Waals surface area contributed by atoms with E-state index in [1.54, 1.807) is 0 Å². The largest absolute Gasteiger partial charge is 0.479 e. The smallest absolute Gasteiger partial charge is 0.341 e. The molecule has 1 atom stereocenters. The summed E-state index contributed by atoms with van der Waals surface area (Å²) in [6, 6.07) is 9.35. The van der Waals surface area contributed by atoms with Crippen LogP contribution in [0.3, 0.4) is 0 Å². The standard InChI is InChI=1S/C20H27NO3/c1-2-21-15-9-10-16-24-20(19(22)23,17-11-5-3-6-12-17)18-13-7-4-8-14-18/h3,5-6,11-12,18,21H,2,4,7-8,13-16H2,1H3,(H,22,23). The summed E-state index contributed by atoms with van der Waals surface area (Å²) in [4.78, 5) is 12.3. The van der Waals surface area contributed by atoms with Crippen LogP contribution in [0.5, 0.6) is 0 Å². The molecule has 1 aromatic carbocycles. The minimum absolute atomic E-state index is 0.0123. The maximum Gasteiger partial charge on any atom is 0.341 e. The molecule has 1 aliphatic carbocycles. The molecule has 2 N–H and O–H groups in total. The van der Waals surface area contributed by atoms with Crippen molar-refractivity contribution >= 4 is 5.97 Å². The fraction of sp³-hybridized carbons (Fsp3) is 0.550. The zero-order chi connectivity index (χ0) is 17.3. The Kier molecular flexibility index (Phi) is 7.30. The molecule has 24 heavy (non-hydrogen) atoms. The fourth-order valence-electron chi connectivity index (χ4n) is 3.44. The van der Waals surface area contributed by atoms with E-state index >= 15 is 0 Å². The van der Waals surface area contributed by atoms with Gasteiger partial charge in [0.05, 0.1) is 6.54 Å². The number of carbonyl (C=O) groups is 1. The van der Waals surface area contributed by atoms with Crippen molar-refractivity contribution in [2.75, 3.05) is 19.7 Å². The van der Waals surface area contributed by atoms with Gasteiger partial charge in [0.2, 0.25) is 0 Å². The second kappa shape index (κ2) is 9.46. The van der Waals surface area contributed by atoms with Gasteiger partial charge < -0.3 is 15.2 Å². The van der Waals surface area contributed by atoms with E-state index in [1.807, 2.05) is 37.3 Å². The Labute approximate surface area is 144 Å². The molecule has 0 spiro atoms. The van der Waals surface area contributed by atoms with Gasteiger partial charge in [-0.2, -0.15) is 0 Å². The molecule has 0 amide bonds. The minimum atomic E-state index is -1.30. The zero-order valence-corrected chi connectivity index (χ0v) is 14.4. The Morgan fingerprint density at radius 2 is 1.96 bits per heavy atom. The van der Waals surface area contributed by atoms with Gasteiger partial charge in [-0.25, -0.2) is 4.79 Å². The van der Waals surface area contributed by atoms with E-state index in [4.69, 9.17) is 4.74 Å². The van der Waals surface area contributed by atoms with Gasteiger partial charge in [0.25, 0.3) is 0 Å². The average molecular weight is 329 g/mol. The van der Waals surface area contributed by atoms with Crippen molar-refractivity contribution in [3.05, 3.63) is 35.9 Å². The van der Waals surface area contributed by atoms with Crippen molar-refractivity contribution in [3.8, 4) is 11.8 Å². The van der Waals surface area contributed by atoms with Crippen LogP contribution in [-0.2, 0) is 15.1 Å². The van der Waals surface area contributed by atoms with E-state index in [-0.39, 0.29) is 12.5 Å². The molecule has 2 rings (SSSR count). The summed E-state index contributed by atoms with van der Waals surface area (Å²) < 4.78 is 6.00. The van der Waals surface area contributed by atoms with Gasteiger partial charge in [-0.05, 0) is 24.9 Å². The first kappa shape index (κ1) is 18.5. The summed E-state index contributed by atoms with van der Waals surface area (Å²) in [7, 11) is 0. The summed E-state index contributed by atoms with van der Waals surface area (Å²) >= 11 is 0. The number of nitrogens with one attached hydrogen (secondary N) is 1. The molecule has 1 aromatic rings. The van der Waals surface area contributed by atoms with Crippen LogP contribution in [0, 0.1) is 17.8 Å². The second-order valence-corrected chi connectivity index (χ2v) is 6.16. The van der Waals surface area contributed by atoms with Gasteiger partial charge in [-0.15, -0.1) is 0 Å². The maximum absolute atomic E-state index is 12.3. The number of carboxylic acid groups (broad SMARTS) is 1. The summed E-state index contributed by atoms with van der Waals surface area (Å²) in [6.07, 6.45) is 5.05. The van der Waals surface area contributed by atoms with E-state index < -0.39 is 11.6 Å². The zero-order valence-electron chi connectivity index (χ0n) is 14.4. The van der Waals surface area contributed by atoms with Crippen LogP contribution < -0.4 is 5.32 Å². The molecule has 1 unspecified atom stereocenters. The molecule has 0 saturated heterocycles. The Hall–Kier alpha value is -1.83. The highest BCUT2D eigenvalue weighted by atomic mass is 16.5. The van der Waals surface area contributed by atoms with E-state index in [2.05, 4.69) is 17.2 Å².